The van der Waals surface area contributed by atoms with Gasteiger partial charge in [-0.15, -0.1) is 0 Å². The molecule has 1 amide bonds. The summed E-state index contributed by atoms with van der Waals surface area (Å²) < 4.78 is 0. The molecule has 0 aromatic heterocycles. The Morgan fingerprint density at radius 2 is 2.21 bits per heavy atom. The lowest BCUT2D eigenvalue weighted by Gasteiger charge is -2.27. The van der Waals surface area contributed by atoms with E-state index in [0.29, 0.717) is 17.0 Å². The Labute approximate surface area is 114 Å². The molecule has 19 heavy (non-hydrogen) atoms. The van der Waals surface area contributed by atoms with Crippen molar-refractivity contribution in [2.24, 2.45) is 5.92 Å². The Morgan fingerprint density at radius 1 is 1.47 bits per heavy atom. The van der Waals surface area contributed by atoms with Crippen LogP contribution < -0.4 is 5.32 Å². The molecule has 4 nitrogen and oxygen atoms in total. The van der Waals surface area contributed by atoms with Crippen molar-refractivity contribution in [3.8, 4) is 6.07 Å². The number of carbonyl (C=O) groups is 1. The van der Waals surface area contributed by atoms with Crippen LogP contribution in [0.15, 0.2) is 24.3 Å². The van der Waals surface area contributed by atoms with Crippen LogP contribution in [0.5, 0.6) is 0 Å². The molecular weight excluding hydrogens is 238 g/mol. The van der Waals surface area contributed by atoms with Crippen molar-refractivity contribution in [3.05, 3.63) is 35.4 Å². The number of hydrogen-bond donors (Lipinski definition) is 1. The summed E-state index contributed by atoms with van der Waals surface area (Å²) in [7, 11) is 1.84. The first-order valence-corrected chi connectivity index (χ1v) is 6.67. The van der Waals surface area contributed by atoms with Gasteiger partial charge in [0.15, 0.2) is 0 Å². The number of piperidine rings is 1. The van der Waals surface area contributed by atoms with Gasteiger partial charge < -0.3 is 10.2 Å². The summed E-state index contributed by atoms with van der Waals surface area (Å²) >= 11 is 0. The first-order chi connectivity index (χ1) is 9.20. The third-order valence-electron chi connectivity index (χ3n) is 3.58. The molecular formula is C15H19N3O. The van der Waals surface area contributed by atoms with Crippen LogP contribution in [0.4, 0.5) is 0 Å². The number of nitrogens with one attached hydrogen (secondary N) is 1. The lowest BCUT2D eigenvalue weighted by molar-refractivity contribution is 0.0763. The predicted molar refractivity (Wildman–Crippen MR) is 73.7 cm³/mol. The Hall–Kier alpha value is -1.86. The second-order valence-corrected chi connectivity index (χ2v) is 5.07. The van der Waals surface area contributed by atoms with E-state index in [1.165, 1.54) is 0 Å². The maximum absolute atomic E-state index is 12.3. The van der Waals surface area contributed by atoms with Gasteiger partial charge in [-0.1, -0.05) is 6.07 Å². The number of nitrogens with zero attached hydrogens (tertiary/aromatic N) is 2. The second-order valence-electron chi connectivity index (χ2n) is 5.07. The average molecular weight is 257 g/mol. The Balaban J connectivity index is 1.99. The summed E-state index contributed by atoms with van der Waals surface area (Å²) in [6, 6.07) is 8.95. The fourth-order valence-electron chi connectivity index (χ4n) is 2.48. The molecule has 1 fully saturated rings. The minimum atomic E-state index is -0.00404. The minimum absolute atomic E-state index is 0.00404. The van der Waals surface area contributed by atoms with Crippen LogP contribution >= 0.6 is 0 Å². The molecule has 2 rings (SSSR count). The SMILES string of the molecule is CN(CC1CCNCC1)C(=O)c1cccc(C#N)c1. The molecule has 100 valence electrons. The van der Waals surface area contributed by atoms with Crippen molar-refractivity contribution in [1.82, 2.24) is 10.2 Å². The van der Waals surface area contributed by atoms with Gasteiger partial charge in [-0.05, 0) is 50.0 Å². The van der Waals surface area contributed by atoms with Gasteiger partial charge >= 0.3 is 0 Å². The average Bonchev–Trinajstić information content (AvgIpc) is 2.47. The molecule has 1 heterocycles. The second kappa shape index (κ2) is 6.35. The van der Waals surface area contributed by atoms with Gasteiger partial charge in [-0.3, -0.25) is 4.79 Å². The summed E-state index contributed by atoms with van der Waals surface area (Å²) in [6.45, 7) is 2.87. The molecule has 1 N–H and O–H groups in total. The summed E-state index contributed by atoms with van der Waals surface area (Å²) in [4.78, 5) is 14.1. The first kappa shape index (κ1) is 13.6. The zero-order chi connectivity index (χ0) is 13.7. The highest BCUT2D eigenvalue weighted by Crippen LogP contribution is 2.14. The standard InChI is InChI=1S/C15H19N3O/c1-18(11-12-5-7-17-8-6-12)15(19)14-4-2-3-13(9-14)10-16/h2-4,9,12,17H,5-8,11H2,1H3. The van der Waals surface area contributed by atoms with Gasteiger partial charge in [0.1, 0.15) is 0 Å². The summed E-state index contributed by atoms with van der Waals surface area (Å²) in [6.07, 6.45) is 2.24. The fraction of sp³-hybridized carbons (Fsp3) is 0.467. The normalized spacial score (nSPS) is 15.8. The van der Waals surface area contributed by atoms with E-state index in [0.717, 1.165) is 32.5 Å². The molecule has 0 spiro atoms. The van der Waals surface area contributed by atoms with Crippen molar-refractivity contribution in [2.75, 3.05) is 26.7 Å². The van der Waals surface area contributed by atoms with E-state index in [1.54, 1.807) is 29.2 Å². The first-order valence-electron chi connectivity index (χ1n) is 6.67. The molecule has 1 aliphatic rings. The van der Waals surface area contributed by atoms with Crippen molar-refractivity contribution in [1.29, 1.82) is 5.26 Å². The third-order valence-corrected chi connectivity index (χ3v) is 3.58. The fourth-order valence-corrected chi connectivity index (χ4v) is 2.48. The van der Waals surface area contributed by atoms with Crippen LogP contribution in [-0.4, -0.2) is 37.5 Å². The topological polar surface area (TPSA) is 56.1 Å². The predicted octanol–water partition coefficient (Wildman–Crippen LogP) is 1.63. The van der Waals surface area contributed by atoms with Crippen molar-refractivity contribution in [3.63, 3.8) is 0 Å². The molecule has 0 bridgehead atoms. The van der Waals surface area contributed by atoms with E-state index in [1.807, 2.05) is 7.05 Å². The van der Waals surface area contributed by atoms with Crippen LogP contribution in [0.25, 0.3) is 0 Å². The molecule has 0 atom stereocenters. The molecule has 0 radical (unpaired) electrons. The molecule has 1 saturated heterocycles. The van der Waals surface area contributed by atoms with Gasteiger partial charge in [-0.2, -0.15) is 5.26 Å². The number of amides is 1. The smallest absolute Gasteiger partial charge is 0.253 e. The molecule has 4 heteroatoms. The Bertz CT molecular complexity index is 486. The minimum Gasteiger partial charge on any atom is -0.341 e. The summed E-state index contributed by atoms with van der Waals surface area (Å²) in [5.74, 6) is 0.574. The van der Waals surface area contributed by atoms with Crippen molar-refractivity contribution < 1.29 is 4.79 Å². The molecule has 0 unspecified atom stereocenters. The van der Waals surface area contributed by atoms with Crippen LogP contribution in [0.2, 0.25) is 0 Å². The largest absolute Gasteiger partial charge is 0.341 e. The van der Waals surface area contributed by atoms with Crippen molar-refractivity contribution >= 4 is 5.91 Å². The van der Waals surface area contributed by atoms with Gasteiger partial charge in [0.05, 0.1) is 11.6 Å². The number of benzene rings is 1. The molecule has 1 aliphatic heterocycles. The van der Waals surface area contributed by atoms with Crippen molar-refractivity contribution in [2.45, 2.75) is 12.8 Å². The van der Waals surface area contributed by atoms with E-state index in [9.17, 15) is 4.79 Å². The highest BCUT2D eigenvalue weighted by molar-refractivity contribution is 5.94. The molecule has 1 aromatic carbocycles. The number of nitriles is 1. The van der Waals surface area contributed by atoms with Gasteiger partial charge in [-0.25, -0.2) is 0 Å². The third kappa shape index (κ3) is 3.55. The molecule has 1 aromatic rings. The van der Waals surface area contributed by atoms with E-state index in [-0.39, 0.29) is 5.91 Å². The van der Waals surface area contributed by atoms with Crippen LogP contribution in [0.3, 0.4) is 0 Å². The number of carbonyl (C=O) groups excluding carboxylic acids is 1. The number of hydrogen-bond acceptors (Lipinski definition) is 3. The van der Waals surface area contributed by atoms with Gasteiger partial charge in [0.25, 0.3) is 5.91 Å². The lowest BCUT2D eigenvalue weighted by atomic mass is 9.97. The molecule has 0 aliphatic carbocycles. The van der Waals surface area contributed by atoms with Gasteiger partial charge in [0, 0.05) is 19.2 Å². The molecule has 0 saturated carbocycles. The zero-order valence-corrected chi connectivity index (χ0v) is 11.2. The summed E-state index contributed by atoms with van der Waals surface area (Å²) in [5.41, 5.74) is 1.12. The monoisotopic (exact) mass is 257 g/mol. The lowest BCUT2D eigenvalue weighted by Crippen LogP contribution is -2.37. The quantitative estimate of drug-likeness (QED) is 0.895. The Morgan fingerprint density at radius 3 is 2.89 bits per heavy atom. The highest BCUT2D eigenvalue weighted by Gasteiger charge is 2.19. The maximum atomic E-state index is 12.3. The van der Waals surface area contributed by atoms with Gasteiger partial charge in [0.2, 0.25) is 0 Å². The van der Waals surface area contributed by atoms with Crippen LogP contribution in [0, 0.1) is 17.2 Å². The number of rotatable bonds is 3. The van der Waals surface area contributed by atoms with E-state index < -0.39 is 0 Å². The van der Waals surface area contributed by atoms with E-state index in [4.69, 9.17) is 5.26 Å². The zero-order valence-electron chi connectivity index (χ0n) is 11.2. The van der Waals surface area contributed by atoms with Crippen LogP contribution in [-0.2, 0) is 0 Å². The van der Waals surface area contributed by atoms with E-state index >= 15 is 0 Å². The van der Waals surface area contributed by atoms with E-state index in [2.05, 4.69) is 11.4 Å². The maximum Gasteiger partial charge on any atom is 0.253 e. The van der Waals surface area contributed by atoms with Crippen LogP contribution in [0.1, 0.15) is 28.8 Å². The highest BCUT2D eigenvalue weighted by atomic mass is 16.2. The summed E-state index contributed by atoms with van der Waals surface area (Å²) in [5, 5.41) is 12.2. The Kier molecular flexibility index (Phi) is 4.53.